The molecule has 0 saturated heterocycles. The van der Waals surface area contributed by atoms with Crippen molar-refractivity contribution in [3.8, 4) is 0 Å². The quantitative estimate of drug-likeness (QED) is 0.785. The second-order valence-corrected chi connectivity index (χ2v) is 5.24. The number of amides is 2. The van der Waals surface area contributed by atoms with Crippen molar-refractivity contribution in [1.82, 2.24) is 15.1 Å². The van der Waals surface area contributed by atoms with Gasteiger partial charge in [0.1, 0.15) is 0 Å². The van der Waals surface area contributed by atoms with Gasteiger partial charge in [-0.2, -0.15) is 5.10 Å². The molecule has 110 valence electrons. The Balaban J connectivity index is 1.97. The number of carboxylic acid groups (broad SMARTS) is 1. The van der Waals surface area contributed by atoms with Crippen molar-refractivity contribution < 1.29 is 14.7 Å². The molecule has 2 aromatic rings. The lowest BCUT2D eigenvalue weighted by Gasteiger charge is -2.08. The number of rotatable bonds is 4. The minimum Gasteiger partial charge on any atom is -0.478 e. The number of nitrogens with zero attached hydrogens (tertiary/aromatic N) is 2. The van der Waals surface area contributed by atoms with E-state index < -0.39 is 12.0 Å². The number of hydrogen-bond donors (Lipinski definition) is 3. The Morgan fingerprint density at radius 1 is 1.38 bits per heavy atom. The maximum absolute atomic E-state index is 11.8. The van der Waals surface area contributed by atoms with Gasteiger partial charge in [-0.1, -0.05) is 15.9 Å². The standard InChI is InChI=1S/C13H13BrN4O3/c1-18-3-2-10(17-18)7-15-13(21)16-11-5-8(12(19)20)4-9(14)6-11/h2-6H,7H2,1H3,(H,19,20)(H2,15,16,21). The molecule has 8 heteroatoms. The minimum atomic E-state index is -1.06. The number of halogens is 1. The molecule has 3 N–H and O–H groups in total. The summed E-state index contributed by atoms with van der Waals surface area (Å²) in [5.74, 6) is -1.06. The topological polar surface area (TPSA) is 96.2 Å². The second kappa shape index (κ2) is 6.40. The summed E-state index contributed by atoms with van der Waals surface area (Å²) in [6, 6.07) is 5.82. The number of carboxylic acids is 1. The van der Waals surface area contributed by atoms with E-state index in [1.807, 2.05) is 0 Å². The van der Waals surface area contributed by atoms with E-state index in [2.05, 4.69) is 31.7 Å². The normalized spacial score (nSPS) is 10.2. The maximum atomic E-state index is 11.8. The number of aryl methyl sites for hydroxylation is 1. The fourth-order valence-electron chi connectivity index (χ4n) is 1.69. The number of carbonyl (C=O) groups is 2. The van der Waals surface area contributed by atoms with Gasteiger partial charge >= 0.3 is 12.0 Å². The molecule has 7 nitrogen and oxygen atoms in total. The first kappa shape index (κ1) is 15.0. The van der Waals surface area contributed by atoms with E-state index >= 15 is 0 Å². The van der Waals surface area contributed by atoms with E-state index in [1.54, 1.807) is 30.1 Å². The van der Waals surface area contributed by atoms with Gasteiger partial charge in [-0.15, -0.1) is 0 Å². The molecular weight excluding hydrogens is 340 g/mol. The highest BCUT2D eigenvalue weighted by molar-refractivity contribution is 9.10. The number of aromatic carboxylic acids is 1. The molecule has 0 fully saturated rings. The van der Waals surface area contributed by atoms with E-state index in [1.165, 1.54) is 12.1 Å². The van der Waals surface area contributed by atoms with Crippen LogP contribution in [0.3, 0.4) is 0 Å². The van der Waals surface area contributed by atoms with Crippen LogP contribution in [0.4, 0.5) is 10.5 Å². The van der Waals surface area contributed by atoms with Gasteiger partial charge < -0.3 is 15.7 Å². The third kappa shape index (κ3) is 4.32. The predicted octanol–water partition coefficient (Wildman–Crippen LogP) is 2.20. The van der Waals surface area contributed by atoms with Crippen LogP contribution in [0, 0.1) is 0 Å². The number of hydrogen-bond acceptors (Lipinski definition) is 3. The maximum Gasteiger partial charge on any atom is 0.335 e. The van der Waals surface area contributed by atoms with Crippen LogP contribution in [0.15, 0.2) is 34.9 Å². The lowest BCUT2D eigenvalue weighted by molar-refractivity contribution is 0.0697. The summed E-state index contributed by atoms with van der Waals surface area (Å²) in [6.45, 7) is 0.284. The molecule has 2 amide bonds. The fraction of sp³-hybridized carbons (Fsp3) is 0.154. The minimum absolute atomic E-state index is 0.0874. The molecule has 0 aliphatic carbocycles. The van der Waals surface area contributed by atoms with Crippen LogP contribution in [0.25, 0.3) is 0 Å². The number of carbonyl (C=O) groups excluding carboxylic acids is 1. The average molecular weight is 353 g/mol. The van der Waals surface area contributed by atoms with Crippen LogP contribution in [0.5, 0.6) is 0 Å². The van der Waals surface area contributed by atoms with Crippen LogP contribution in [-0.2, 0) is 13.6 Å². The number of aromatic nitrogens is 2. The summed E-state index contributed by atoms with van der Waals surface area (Å²) in [4.78, 5) is 22.7. The monoisotopic (exact) mass is 352 g/mol. The van der Waals surface area contributed by atoms with Gasteiger partial charge in [0.25, 0.3) is 0 Å². The van der Waals surface area contributed by atoms with Crippen molar-refractivity contribution >= 4 is 33.6 Å². The Bertz CT molecular complexity index is 684. The second-order valence-electron chi connectivity index (χ2n) is 4.32. The molecule has 0 unspecified atom stereocenters. The number of benzene rings is 1. The van der Waals surface area contributed by atoms with Crippen LogP contribution in [0.2, 0.25) is 0 Å². The van der Waals surface area contributed by atoms with Gasteiger partial charge in [0, 0.05) is 23.4 Å². The van der Waals surface area contributed by atoms with Crippen LogP contribution >= 0.6 is 15.9 Å². The third-order valence-electron chi connectivity index (χ3n) is 2.60. The summed E-state index contributed by atoms with van der Waals surface area (Å²) in [5.41, 5.74) is 1.21. The molecular formula is C13H13BrN4O3. The van der Waals surface area contributed by atoms with Crippen LogP contribution < -0.4 is 10.6 Å². The van der Waals surface area contributed by atoms with E-state index in [-0.39, 0.29) is 12.1 Å². The molecule has 0 aliphatic rings. The molecule has 0 spiro atoms. The van der Waals surface area contributed by atoms with Crippen LogP contribution in [-0.4, -0.2) is 26.9 Å². The van der Waals surface area contributed by atoms with Crippen molar-refractivity contribution in [1.29, 1.82) is 0 Å². The molecule has 21 heavy (non-hydrogen) atoms. The lowest BCUT2D eigenvalue weighted by atomic mass is 10.2. The summed E-state index contributed by atoms with van der Waals surface area (Å²) in [5, 5.41) is 18.3. The van der Waals surface area contributed by atoms with E-state index in [0.29, 0.717) is 10.2 Å². The van der Waals surface area contributed by atoms with E-state index in [4.69, 9.17) is 5.11 Å². The Labute approximate surface area is 129 Å². The fourth-order valence-corrected chi connectivity index (χ4v) is 2.18. The Morgan fingerprint density at radius 3 is 2.76 bits per heavy atom. The molecule has 1 heterocycles. The summed E-state index contributed by atoms with van der Waals surface area (Å²) in [6.07, 6.45) is 1.78. The van der Waals surface area contributed by atoms with Crippen molar-refractivity contribution in [3.63, 3.8) is 0 Å². The number of urea groups is 1. The summed E-state index contributed by atoms with van der Waals surface area (Å²) < 4.78 is 2.21. The zero-order valence-electron chi connectivity index (χ0n) is 11.1. The van der Waals surface area contributed by atoms with Crippen molar-refractivity contribution in [3.05, 3.63) is 46.2 Å². The van der Waals surface area contributed by atoms with Gasteiger partial charge in [-0.25, -0.2) is 9.59 Å². The molecule has 0 bridgehead atoms. The zero-order chi connectivity index (χ0) is 15.4. The Kier molecular flexibility index (Phi) is 4.59. The largest absolute Gasteiger partial charge is 0.478 e. The zero-order valence-corrected chi connectivity index (χ0v) is 12.7. The first-order chi connectivity index (χ1) is 9.94. The van der Waals surface area contributed by atoms with Crippen LogP contribution in [0.1, 0.15) is 16.1 Å². The molecule has 0 radical (unpaired) electrons. The van der Waals surface area contributed by atoms with E-state index in [9.17, 15) is 9.59 Å². The van der Waals surface area contributed by atoms with E-state index in [0.717, 1.165) is 5.69 Å². The van der Waals surface area contributed by atoms with Gasteiger partial charge in [0.15, 0.2) is 0 Å². The van der Waals surface area contributed by atoms with Gasteiger partial charge in [0.2, 0.25) is 0 Å². The smallest absolute Gasteiger partial charge is 0.335 e. The summed E-state index contributed by atoms with van der Waals surface area (Å²) >= 11 is 3.20. The molecule has 0 saturated carbocycles. The highest BCUT2D eigenvalue weighted by atomic mass is 79.9. The predicted molar refractivity (Wildman–Crippen MR) is 80.2 cm³/mol. The molecule has 0 aliphatic heterocycles. The van der Waals surface area contributed by atoms with Gasteiger partial charge in [-0.3, -0.25) is 4.68 Å². The molecule has 2 rings (SSSR count). The molecule has 1 aromatic carbocycles. The Hall–Kier alpha value is -2.35. The highest BCUT2D eigenvalue weighted by Gasteiger charge is 2.08. The van der Waals surface area contributed by atoms with Crippen molar-refractivity contribution in [2.75, 3.05) is 5.32 Å². The van der Waals surface area contributed by atoms with Gasteiger partial charge in [-0.05, 0) is 24.3 Å². The number of nitrogens with one attached hydrogen (secondary N) is 2. The molecule has 0 atom stereocenters. The Morgan fingerprint density at radius 2 is 2.14 bits per heavy atom. The third-order valence-corrected chi connectivity index (χ3v) is 3.06. The first-order valence-electron chi connectivity index (χ1n) is 6.01. The molecule has 1 aromatic heterocycles. The van der Waals surface area contributed by atoms with Crippen molar-refractivity contribution in [2.45, 2.75) is 6.54 Å². The SMILES string of the molecule is Cn1ccc(CNC(=O)Nc2cc(Br)cc(C(=O)O)c2)n1. The van der Waals surface area contributed by atoms with Gasteiger partial charge in [0.05, 0.1) is 17.8 Å². The number of anilines is 1. The van der Waals surface area contributed by atoms with Crippen molar-refractivity contribution in [2.24, 2.45) is 7.05 Å². The summed E-state index contributed by atoms with van der Waals surface area (Å²) in [7, 11) is 1.79. The highest BCUT2D eigenvalue weighted by Crippen LogP contribution is 2.19. The average Bonchev–Trinajstić information content (AvgIpc) is 2.81. The first-order valence-corrected chi connectivity index (χ1v) is 6.80. The lowest BCUT2D eigenvalue weighted by Crippen LogP contribution is -2.28.